The number of fused-ring (bicyclic) bond motifs is 1. The van der Waals surface area contributed by atoms with E-state index in [1.807, 2.05) is 17.9 Å². The third-order valence-corrected chi connectivity index (χ3v) is 6.19. The van der Waals surface area contributed by atoms with Crippen LogP contribution >= 0.6 is 11.3 Å². The summed E-state index contributed by atoms with van der Waals surface area (Å²) < 4.78 is 5.43. The van der Waals surface area contributed by atoms with Crippen molar-refractivity contribution >= 4 is 28.3 Å². The number of rotatable bonds is 2. The maximum atomic E-state index is 13.4. The van der Waals surface area contributed by atoms with Crippen molar-refractivity contribution in [2.24, 2.45) is 0 Å². The van der Waals surface area contributed by atoms with Crippen molar-refractivity contribution in [1.82, 2.24) is 15.0 Å². The molecule has 5 nitrogen and oxygen atoms in total. The van der Waals surface area contributed by atoms with Gasteiger partial charge in [-0.15, -0.1) is 11.3 Å². The highest BCUT2D eigenvalue weighted by Crippen LogP contribution is 2.33. The van der Waals surface area contributed by atoms with Gasteiger partial charge in [0.1, 0.15) is 0 Å². The fourth-order valence-electron chi connectivity index (χ4n) is 3.84. The van der Waals surface area contributed by atoms with Crippen LogP contribution in [0.25, 0.3) is 22.4 Å². The van der Waals surface area contributed by atoms with Crippen molar-refractivity contribution in [3.8, 4) is 11.3 Å². The number of likely N-dealkylation sites (tertiary alicyclic amines) is 1. The maximum absolute atomic E-state index is 13.4. The van der Waals surface area contributed by atoms with Crippen molar-refractivity contribution < 1.29 is 9.32 Å². The number of thiophene rings is 1. The molecule has 0 spiro atoms. The summed E-state index contributed by atoms with van der Waals surface area (Å²) in [6, 6.07) is 4.30. The van der Waals surface area contributed by atoms with Gasteiger partial charge in [0.05, 0.1) is 22.3 Å². The molecule has 1 unspecified atom stereocenters. The predicted molar refractivity (Wildman–Crippen MR) is 104 cm³/mol. The number of hydrogen-bond donors (Lipinski definition) is 0. The number of carbonyl (C=O) groups excluding carboxylic acids is 1. The Balaban J connectivity index is 1.88. The Labute approximate surface area is 157 Å². The van der Waals surface area contributed by atoms with Gasteiger partial charge in [-0.25, -0.2) is 4.98 Å². The number of nitrogens with zero attached hydrogens (tertiary/aromatic N) is 3. The number of piperidine rings is 1. The molecule has 1 fully saturated rings. The summed E-state index contributed by atoms with van der Waals surface area (Å²) in [5.41, 5.74) is 3.65. The molecule has 0 radical (unpaired) electrons. The Morgan fingerprint density at radius 2 is 2.08 bits per heavy atom. The van der Waals surface area contributed by atoms with Gasteiger partial charge in [-0.1, -0.05) is 5.16 Å². The summed E-state index contributed by atoms with van der Waals surface area (Å²) in [5.74, 6) is 0.0572. The van der Waals surface area contributed by atoms with E-state index < -0.39 is 0 Å². The molecule has 0 saturated carbocycles. The second kappa shape index (κ2) is 6.50. The van der Waals surface area contributed by atoms with Crippen LogP contribution in [0.1, 0.15) is 52.0 Å². The van der Waals surface area contributed by atoms with E-state index in [0.29, 0.717) is 17.0 Å². The van der Waals surface area contributed by atoms with E-state index >= 15 is 0 Å². The lowest BCUT2D eigenvalue weighted by molar-refractivity contribution is 0.0637. The number of pyridine rings is 1. The third-order valence-electron chi connectivity index (χ3n) is 5.23. The first-order chi connectivity index (χ1) is 12.5. The van der Waals surface area contributed by atoms with Crippen LogP contribution < -0.4 is 0 Å². The van der Waals surface area contributed by atoms with Gasteiger partial charge in [-0.2, -0.15) is 0 Å². The summed E-state index contributed by atoms with van der Waals surface area (Å²) in [5, 5.41) is 4.80. The second-order valence-electron chi connectivity index (χ2n) is 7.17. The van der Waals surface area contributed by atoms with Crippen molar-refractivity contribution in [2.75, 3.05) is 6.54 Å². The van der Waals surface area contributed by atoms with E-state index in [1.165, 1.54) is 16.2 Å². The molecule has 1 atom stereocenters. The largest absolute Gasteiger partial charge is 0.336 e. The lowest BCUT2D eigenvalue weighted by Crippen LogP contribution is -2.42. The van der Waals surface area contributed by atoms with Gasteiger partial charge >= 0.3 is 0 Å². The number of hydrogen-bond acceptors (Lipinski definition) is 5. The van der Waals surface area contributed by atoms with Crippen LogP contribution in [0.4, 0.5) is 0 Å². The summed E-state index contributed by atoms with van der Waals surface area (Å²) in [6.45, 7) is 8.96. The monoisotopic (exact) mass is 369 g/mol. The number of aromatic nitrogens is 2. The van der Waals surface area contributed by atoms with Gasteiger partial charge in [0, 0.05) is 27.9 Å². The number of carbonyl (C=O) groups is 1. The van der Waals surface area contributed by atoms with E-state index in [0.717, 1.165) is 36.0 Å². The highest BCUT2D eigenvalue weighted by molar-refractivity contribution is 7.12. The van der Waals surface area contributed by atoms with Crippen LogP contribution in [0, 0.1) is 20.8 Å². The molecule has 4 heterocycles. The van der Waals surface area contributed by atoms with Crippen LogP contribution in [-0.4, -0.2) is 33.5 Å². The highest BCUT2D eigenvalue weighted by atomic mass is 32.1. The minimum Gasteiger partial charge on any atom is -0.336 e. The summed E-state index contributed by atoms with van der Waals surface area (Å²) in [6.07, 6.45) is 3.29. The molecule has 0 bridgehead atoms. The average Bonchev–Trinajstić information content (AvgIpc) is 3.16. The molecule has 6 heteroatoms. The normalized spacial score (nSPS) is 17.8. The van der Waals surface area contributed by atoms with Crippen LogP contribution in [0.3, 0.4) is 0 Å². The molecular formula is C20H23N3O2S. The molecule has 3 aromatic heterocycles. The first-order valence-corrected chi connectivity index (χ1v) is 9.92. The molecular weight excluding hydrogens is 346 g/mol. The van der Waals surface area contributed by atoms with Crippen molar-refractivity contribution in [3.63, 3.8) is 0 Å². The second-order valence-corrected chi connectivity index (χ2v) is 8.63. The molecule has 1 aliphatic heterocycles. The standard InChI is InChI=1S/C20H23N3O2S/c1-11-7-5-6-8-23(11)20(24)16-10-17(15-9-12(2)26-14(15)4)21-19-18(16)13(3)22-25-19/h9-11H,5-8H2,1-4H3. The zero-order valence-corrected chi connectivity index (χ0v) is 16.4. The van der Waals surface area contributed by atoms with E-state index in [-0.39, 0.29) is 11.9 Å². The minimum absolute atomic E-state index is 0.0572. The zero-order valence-electron chi connectivity index (χ0n) is 15.6. The molecule has 0 N–H and O–H groups in total. The van der Waals surface area contributed by atoms with Crippen LogP contribution in [0.2, 0.25) is 0 Å². The third kappa shape index (κ3) is 2.82. The molecule has 3 aromatic rings. The van der Waals surface area contributed by atoms with Gasteiger partial charge < -0.3 is 9.42 Å². The first-order valence-electron chi connectivity index (χ1n) is 9.11. The van der Waals surface area contributed by atoms with Crippen LogP contribution in [0.15, 0.2) is 16.7 Å². The van der Waals surface area contributed by atoms with Crippen molar-refractivity contribution in [2.45, 2.75) is 53.0 Å². The zero-order chi connectivity index (χ0) is 18.4. The molecule has 1 aliphatic rings. The molecule has 0 aromatic carbocycles. The predicted octanol–water partition coefficient (Wildman–Crippen LogP) is 4.89. The topological polar surface area (TPSA) is 59.2 Å². The molecule has 1 saturated heterocycles. The Bertz CT molecular complexity index is 989. The lowest BCUT2D eigenvalue weighted by Gasteiger charge is -2.33. The highest BCUT2D eigenvalue weighted by Gasteiger charge is 2.28. The van der Waals surface area contributed by atoms with E-state index in [2.05, 4.69) is 37.0 Å². The molecule has 0 aliphatic carbocycles. The van der Waals surface area contributed by atoms with Gasteiger partial charge in [-0.3, -0.25) is 4.79 Å². The van der Waals surface area contributed by atoms with Crippen LogP contribution in [0.5, 0.6) is 0 Å². The Hall–Kier alpha value is -2.21. The van der Waals surface area contributed by atoms with Crippen LogP contribution in [-0.2, 0) is 0 Å². The van der Waals surface area contributed by atoms with Crippen molar-refractivity contribution in [1.29, 1.82) is 0 Å². The van der Waals surface area contributed by atoms with E-state index in [1.54, 1.807) is 11.3 Å². The molecule has 4 rings (SSSR count). The molecule has 1 amide bonds. The molecule has 136 valence electrons. The number of amides is 1. The van der Waals surface area contributed by atoms with Gasteiger partial charge in [0.15, 0.2) is 0 Å². The Kier molecular flexibility index (Phi) is 4.31. The fourth-order valence-corrected chi connectivity index (χ4v) is 4.77. The van der Waals surface area contributed by atoms with Gasteiger partial charge in [0.2, 0.25) is 0 Å². The van der Waals surface area contributed by atoms with Gasteiger partial charge in [0.25, 0.3) is 11.6 Å². The first kappa shape index (κ1) is 17.2. The SMILES string of the molecule is Cc1cc(-c2cc(C(=O)N3CCCCC3C)c3c(C)noc3n2)c(C)s1. The molecule has 26 heavy (non-hydrogen) atoms. The summed E-state index contributed by atoms with van der Waals surface area (Å²) in [7, 11) is 0. The fraction of sp³-hybridized carbons (Fsp3) is 0.450. The van der Waals surface area contributed by atoms with Gasteiger partial charge in [-0.05, 0) is 59.1 Å². The minimum atomic E-state index is 0.0572. The summed E-state index contributed by atoms with van der Waals surface area (Å²) >= 11 is 1.74. The quantitative estimate of drug-likeness (QED) is 0.645. The Morgan fingerprint density at radius 1 is 1.27 bits per heavy atom. The van der Waals surface area contributed by atoms with E-state index in [9.17, 15) is 4.79 Å². The van der Waals surface area contributed by atoms with E-state index in [4.69, 9.17) is 4.52 Å². The Morgan fingerprint density at radius 3 is 2.77 bits per heavy atom. The maximum Gasteiger partial charge on any atom is 0.259 e. The summed E-state index contributed by atoms with van der Waals surface area (Å²) in [4.78, 5) is 22.4. The lowest BCUT2D eigenvalue weighted by atomic mass is 10.00. The number of aryl methyl sites for hydroxylation is 3. The smallest absolute Gasteiger partial charge is 0.259 e. The average molecular weight is 369 g/mol. The van der Waals surface area contributed by atoms with Crippen molar-refractivity contribution in [3.05, 3.63) is 33.1 Å².